The molecule has 1 aliphatic rings. The number of rotatable bonds is 7. The molecular formula is C26H27N3O3. The average Bonchev–Trinajstić information content (AvgIpc) is 2.83. The second-order valence-corrected chi connectivity index (χ2v) is 7.87. The number of aliphatic hydroxyl groups excluding tert-OH is 1. The summed E-state index contributed by atoms with van der Waals surface area (Å²) in [5, 5.41) is 11.9. The zero-order valence-electron chi connectivity index (χ0n) is 17.9. The van der Waals surface area contributed by atoms with Crippen molar-refractivity contribution in [3.8, 4) is 0 Å². The van der Waals surface area contributed by atoms with E-state index in [1.54, 1.807) is 23.1 Å². The number of urea groups is 1. The number of aliphatic hydroxyl groups is 1. The van der Waals surface area contributed by atoms with Crippen molar-refractivity contribution < 1.29 is 14.7 Å². The summed E-state index contributed by atoms with van der Waals surface area (Å²) in [4.78, 5) is 29.5. The number of carbonyl (C=O) groups excluding carboxylic acids is 2. The van der Waals surface area contributed by atoms with Gasteiger partial charge in [-0.15, -0.1) is 0 Å². The van der Waals surface area contributed by atoms with E-state index in [0.717, 1.165) is 29.8 Å². The van der Waals surface area contributed by atoms with Crippen molar-refractivity contribution in [1.29, 1.82) is 0 Å². The van der Waals surface area contributed by atoms with E-state index >= 15 is 0 Å². The first-order valence-electron chi connectivity index (χ1n) is 10.9. The Hall–Kier alpha value is -3.64. The van der Waals surface area contributed by atoms with Crippen molar-refractivity contribution in [2.45, 2.75) is 19.4 Å². The molecule has 164 valence electrons. The lowest BCUT2D eigenvalue weighted by molar-refractivity contribution is 0.102. The molecule has 0 bridgehead atoms. The molecule has 3 amide bonds. The number of nitrogens with one attached hydrogen (secondary N) is 1. The molecular weight excluding hydrogens is 402 g/mol. The minimum absolute atomic E-state index is 0.0443. The fourth-order valence-electron chi connectivity index (χ4n) is 3.87. The molecule has 0 saturated carbocycles. The summed E-state index contributed by atoms with van der Waals surface area (Å²) in [7, 11) is 0. The molecule has 1 heterocycles. The molecule has 0 aliphatic carbocycles. The van der Waals surface area contributed by atoms with Gasteiger partial charge in [-0.25, -0.2) is 4.79 Å². The highest BCUT2D eigenvalue weighted by Gasteiger charge is 2.27. The second kappa shape index (κ2) is 10.1. The van der Waals surface area contributed by atoms with Gasteiger partial charge in [-0.3, -0.25) is 9.69 Å². The van der Waals surface area contributed by atoms with Crippen molar-refractivity contribution in [2.75, 3.05) is 29.9 Å². The molecule has 2 N–H and O–H groups in total. The molecule has 1 saturated heterocycles. The van der Waals surface area contributed by atoms with Crippen molar-refractivity contribution >= 4 is 23.3 Å². The zero-order valence-corrected chi connectivity index (χ0v) is 17.9. The Morgan fingerprint density at radius 2 is 1.69 bits per heavy atom. The zero-order chi connectivity index (χ0) is 22.3. The summed E-state index contributed by atoms with van der Waals surface area (Å²) in [6.07, 6.45) is 1.45. The Bertz CT molecular complexity index is 1070. The Kier molecular flexibility index (Phi) is 6.82. The third-order valence-corrected chi connectivity index (χ3v) is 5.56. The first kappa shape index (κ1) is 21.6. The average molecular weight is 430 g/mol. The highest BCUT2D eigenvalue weighted by Crippen LogP contribution is 2.23. The number of anilines is 2. The topological polar surface area (TPSA) is 72.9 Å². The Morgan fingerprint density at radius 1 is 0.906 bits per heavy atom. The fourth-order valence-corrected chi connectivity index (χ4v) is 3.87. The van der Waals surface area contributed by atoms with Crippen molar-refractivity contribution in [2.24, 2.45) is 0 Å². The van der Waals surface area contributed by atoms with Crippen LogP contribution in [0.4, 0.5) is 16.2 Å². The van der Waals surface area contributed by atoms with E-state index in [-0.39, 0.29) is 18.5 Å². The molecule has 1 fully saturated rings. The summed E-state index contributed by atoms with van der Waals surface area (Å²) < 4.78 is 0. The lowest BCUT2D eigenvalue weighted by Crippen LogP contribution is -2.49. The van der Waals surface area contributed by atoms with Gasteiger partial charge in [-0.2, -0.15) is 0 Å². The normalized spacial score (nSPS) is 13.8. The third kappa shape index (κ3) is 5.15. The number of hydrogen-bond acceptors (Lipinski definition) is 3. The number of benzene rings is 3. The van der Waals surface area contributed by atoms with E-state index in [2.05, 4.69) is 5.32 Å². The van der Waals surface area contributed by atoms with E-state index in [1.165, 1.54) is 0 Å². The number of nitrogens with zero attached hydrogens (tertiary/aromatic N) is 2. The highest BCUT2D eigenvalue weighted by atomic mass is 16.3. The van der Waals surface area contributed by atoms with Gasteiger partial charge in [0.25, 0.3) is 5.91 Å². The molecule has 6 nitrogen and oxygen atoms in total. The van der Waals surface area contributed by atoms with Crippen LogP contribution in [0.25, 0.3) is 0 Å². The smallest absolute Gasteiger partial charge is 0.324 e. The van der Waals surface area contributed by atoms with Crippen LogP contribution in [0.3, 0.4) is 0 Å². The monoisotopic (exact) mass is 429 g/mol. The van der Waals surface area contributed by atoms with E-state index in [9.17, 15) is 9.59 Å². The van der Waals surface area contributed by atoms with Crippen LogP contribution >= 0.6 is 0 Å². The SMILES string of the molecule is O=C(Nc1ccc(CCO)cc1)c1cccc(N2CCCN(Cc3ccccc3)C2=O)c1. The summed E-state index contributed by atoms with van der Waals surface area (Å²) >= 11 is 0. The van der Waals surface area contributed by atoms with Crippen LogP contribution in [-0.4, -0.2) is 41.6 Å². The fraction of sp³-hybridized carbons (Fsp3) is 0.231. The Morgan fingerprint density at radius 3 is 2.44 bits per heavy atom. The first-order valence-corrected chi connectivity index (χ1v) is 10.9. The molecule has 0 atom stereocenters. The lowest BCUT2D eigenvalue weighted by Gasteiger charge is -2.35. The maximum atomic E-state index is 13.1. The molecule has 3 aromatic rings. The highest BCUT2D eigenvalue weighted by molar-refractivity contribution is 6.05. The molecule has 32 heavy (non-hydrogen) atoms. The first-order chi connectivity index (χ1) is 15.6. The molecule has 0 spiro atoms. The van der Waals surface area contributed by atoms with Crippen LogP contribution in [0, 0.1) is 0 Å². The molecule has 0 unspecified atom stereocenters. The standard InChI is InChI=1S/C26H27N3O3/c30-17-14-20-10-12-23(13-11-20)27-25(31)22-8-4-9-24(18-22)29-16-5-15-28(26(29)32)19-21-6-2-1-3-7-21/h1-4,6-13,18,30H,5,14-17,19H2,(H,27,31). The molecule has 0 radical (unpaired) electrons. The van der Waals surface area contributed by atoms with E-state index in [0.29, 0.717) is 30.8 Å². The van der Waals surface area contributed by atoms with E-state index < -0.39 is 0 Å². The van der Waals surface area contributed by atoms with Gasteiger partial charge in [-0.05, 0) is 54.3 Å². The van der Waals surface area contributed by atoms with Gasteiger partial charge in [0.1, 0.15) is 0 Å². The van der Waals surface area contributed by atoms with Gasteiger partial charge in [0.15, 0.2) is 0 Å². The maximum absolute atomic E-state index is 13.1. The van der Waals surface area contributed by atoms with E-state index in [1.807, 2.05) is 65.6 Å². The van der Waals surface area contributed by atoms with Crippen LogP contribution in [0.15, 0.2) is 78.9 Å². The summed E-state index contributed by atoms with van der Waals surface area (Å²) in [6.45, 7) is 2.01. The number of amides is 3. The summed E-state index contributed by atoms with van der Waals surface area (Å²) in [6, 6.07) is 24.5. The van der Waals surface area contributed by atoms with Gasteiger partial charge >= 0.3 is 6.03 Å². The Labute approximate surface area is 188 Å². The molecule has 3 aromatic carbocycles. The van der Waals surface area contributed by atoms with Gasteiger partial charge < -0.3 is 15.3 Å². The van der Waals surface area contributed by atoms with Crippen molar-refractivity contribution in [3.05, 3.63) is 95.6 Å². The summed E-state index contributed by atoms with van der Waals surface area (Å²) in [5.74, 6) is -0.229. The molecule has 1 aliphatic heterocycles. The minimum Gasteiger partial charge on any atom is -0.396 e. The van der Waals surface area contributed by atoms with Crippen LogP contribution in [-0.2, 0) is 13.0 Å². The van der Waals surface area contributed by atoms with Gasteiger partial charge in [0.05, 0.1) is 0 Å². The lowest BCUT2D eigenvalue weighted by atomic mass is 10.1. The van der Waals surface area contributed by atoms with Gasteiger partial charge in [-0.1, -0.05) is 48.5 Å². The van der Waals surface area contributed by atoms with Gasteiger partial charge in [0.2, 0.25) is 0 Å². The Balaban J connectivity index is 1.45. The quantitative estimate of drug-likeness (QED) is 0.588. The largest absolute Gasteiger partial charge is 0.396 e. The predicted molar refractivity (Wildman–Crippen MR) is 126 cm³/mol. The molecule has 6 heteroatoms. The van der Waals surface area contributed by atoms with Crippen LogP contribution in [0.1, 0.15) is 27.9 Å². The van der Waals surface area contributed by atoms with Crippen molar-refractivity contribution in [1.82, 2.24) is 4.90 Å². The minimum atomic E-state index is -0.229. The number of hydrogen-bond donors (Lipinski definition) is 2. The predicted octanol–water partition coefficient (Wildman–Crippen LogP) is 4.31. The molecule has 0 aromatic heterocycles. The van der Waals surface area contributed by atoms with E-state index in [4.69, 9.17) is 5.11 Å². The van der Waals surface area contributed by atoms with Crippen LogP contribution in [0.2, 0.25) is 0 Å². The van der Waals surface area contributed by atoms with Gasteiger partial charge in [0, 0.05) is 43.2 Å². The maximum Gasteiger partial charge on any atom is 0.324 e. The summed E-state index contributed by atoms with van der Waals surface area (Å²) in [5.41, 5.74) is 4.01. The number of carbonyl (C=O) groups is 2. The van der Waals surface area contributed by atoms with Crippen LogP contribution < -0.4 is 10.2 Å². The van der Waals surface area contributed by atoms with Crippen molar-refractivity contribution in [3.63, 3.8) is 0 Å². The molecule has 4 rings (SSSR count). The van der Waals surface area contributed by atoms with Crippen LogP contribution in [0.5, 0.6) is 0 Å². The second-order valence-electron chi connectivity index (χ2n) is 7.87. The third-order valence-electron chi connectivity index (χ3n) is 5.56.